The summed E-state index contributed by atoms with van der Waals surface area (Å²) in [5.74, 6) is -0.399. The van der Waals surface area contributed by atoms with E-state index in [0.29, 0.717) is 34.3 Å². The van der Waals surface area contributed by atoms with Crippen LogP contribution in [0.4, 0.5) is 10.8 Å². The molecule has 6 aromatic carbocycles. The Balaban J connectivity index is 1.05. The number of hydrogen-bond donors (Lipinski definition) is 3. The Kier molecular flexibility index (Phi) is 11.8. The Hall–Kier alpha value is -6.49. The molecule has 3 N–H and O–H groups in total. The molecule has 272 valence electrons. The van der Waals surface area contributed by atoms with E-state index in [1.165, 1.54) is 23.1 Å². The highest BCUT2D eigenvalue weighted by Crippen LogP contribution is 2.37. The topological polar surface area (TPSA) is 109 Å². The maximum atomic E-state index is 13.8. The summed E-state index contributed by atoms with van der Waals surface area (Å²) >= 11 is 2.78. The lowest BCUT2D eigenvalue weighted by atomic mass is 10.1. The third-order valence-corrected chi connectivity index (χ3v) is 10.5. The first-order chi connectivity index (χ1) is 26.9. The fourth-order valence-electron chi connectivity index (χ4n) is 5.77. The first-order valence-corrected chi connectivity index (χ1v) is 19.4. The number of amides is 3. The van der Waals surface area contributed by atoms with Crippen LogP contribution in [0.2, 0.25) is 0 Å². The lowest BCUT2D eigenvalue weighted by Crippen LogP contribution is -2.30. The van der Waals surface area contributed by atoms with Gasteiger partial charge in [0.25, 0.3) is 11.8 Å². The number of thiazole rings is 1. The molecule has 1 atom stereocenters. The van der Waals surface area contributed by atoms with Crippen molar-refractivity contribution in [3.63, 3.8) is 0 Å². The van der Waals surface area contributed by atoms with E-state index in [1.54, 1.807) is 42.5 Å². The molecule has 7 rings (SSSR count). The van der Waals surface area contributed by atoms with E-state index in [0.717, 1.165) is 32.5 Å². The van der Waals surface area contributed by atoms with Gasteiger partial charge in [-0.1, -0.05) is 97.1 Å². The van der Waals surface area contributed by atoms with Crippen molar-refractivity contribution in [3.8, 4) is 17.0 Å². The average molecular weight is 761 g/mol. The summed E-state index contributed by atoms with van der Waals surface area (Å²) in [5.41, 5.74) is 4.34. The number of carbonyl (C=O) groups is 3. The Morgan fingerprint density at radius 3 is 2.18 bits per heavy atom. The molecule has 0 aliphatic heterocycles. The van der Waals surface area contributed by atoms with Gasteiger partial charge in [0, 0.05) is 27.1 Å². The normalized spacial score (nSPS) is 11.8. The third kappa shape index (κ3) is 9.55. The van der Waals surface area contributed by atoms with Crippen LogP contribution in [0.3, 0.4) is 0 Å². The van der Waals surface area contributed by atoms with E-state index in [9.17, 15) is 14.4 Å². The zero-order chi connectivity index (χ0) is 38.0. The van der Waals surface area contributed by atoms with E-state index in [-0.39, 0.29) is 11.6 Å². The standard InChI is InChI=1S/C45H36N4O4S2/c1-2-53-37-23-17-30(18-24-37)27-39(47-42(50)33-14-7-4-8-15-33)43(51)46-36-21-25-38(26-22-36)55-41(32-12-5-3-6-13-32)44(52)49-45-48-40(29-54-45)35-20-19-31-11-9-10-16-34(31)28-35/h3-29,41H,2H2,1H3,(H,46,51)(H,47,50)(H,48,49,52)/b39-27-. The maximum Gasteiger partial charge on any atom is 0.272 e. The molecule has 1 unspecified atom stereocenters. The van der Waals surface area contributed by atoms with Gasteiger partial charge in [0.1, 0.15) is 16.7 Å². The van der Waals surface area contributed by atoms with E-state index >= 15 is 0 Å². The first-order valence-electron chi connectivity index (χ1n) is 17.6. The molecule has 3 amide bonds. The lowest BCUT2D eigenvalue weighted by Gasteiger charge is -2.17. The maximum absolute atomic E-state index is 13.8. The fourth-order valence-corrected chi connectivity index (χ4v) is 7.52. The van der Waals surface area contributed by atoms with Gasteiger partial charge in [-0.2, -0.15) is 0 Å². The monoisotopic (exact) mass is 760 g/mol. The van der Waals surface area contributed by atoms with Crippen LogP contribution in [0.5, 0.6) is 5.75 Å². The number of aromatic nitrogens is 1. The average Bonchev–Trinajstić information content (AvgIpc) is 3.69. The van der Waals surface area contributed by atoms with E-state index < -0.39 is 17.1 Å². The Bertz CT molecular complexity index is 2450. The number of carbonyl (C=O) groups excluding carboxylic acids is 3. The molecule has 1 aromatic heterocycles. The van der Waals surface area contributed by atoms with E-state index in [2.05, 4.69) is 40.2 Å². The van der Waals surface area contributed by atoms with Gasteiger partial charge in [0.05, 0.1) is 12.3 Å². The van der Waals surface area contributed by atoms with Crippen molar-refractivity contribution in [1.29, 1.82) is 0 Å². The molecule has 0 radical (unpaired) electrons. The van der Waals surface area contributed by atoms with Gasteiger partial charge in [-0.15, -0.1) is 23.1 Å². The number of hydrogen-bond acceptors (Lipinski definition) is 7. The quantitative estimate of drug-likeness (QED) is 0.0798. The van der Waals surface area contributed by atoms with Crippen molar-refractivity contribution in [2.75, 3.05) is 17.2 Å². The Morgan fingerprint density at radius 2 is 1.45 bits per heavy atom. The molecular formula is C45H36N4O4S2. The molecule has 8 nitrogen and oxygen atoms in total. The van der Waals surface area contributed by atoms with Gasteiger partial charge in [-0.3, -0.25) is 14.4 Å². The largest absolute Gasteiger partial charge is 0.494 e. The van der Waals surface area contributed by atoms with Crippen molar-refractivity contribution in [2.24, 2.45) is 0 Å². The second-order valence-electron chi connectivity index (χ2n) is 12.4. The van der Waals surface area contributed by atoms with Crippen LogP contribution in [-0.2, 0) is 9.59 Å². The lowest BCUT2D eigenvalue weighted by molar-refractivity contribution is -0.116. The minimum Gasteiger partial charge on any atom is -0.494 e. The molecule has 0 saturated heterocycles. The van der Waals surface area contributed by atoms with Gasteiger partial charge >= 0.3 is 0 Å². The molecule has 55 heavy (non-hydrogen) atoms. The van der Waals surface area contributed by atoms with Crippen molar-refractivity contribution in [1.82, 2.24) is 10.3 Å². The minimum atomic E-state index is -0.577. The van der Waals surface area contributed by atoms with Crippen LogP contribution in [-0.4, -0.2) is 29.3 Å². The Morgan fingerprint density at radius 1 is 0.764 bits per heavy atom. The molecule has 0 spiro atoms. The second-order valence-corrected chi connectivity index (χ2v) is 14.4. The van der Waals surface area contributed by atoms with Crippen molar-refractivity contribution < 1.29 is 19.1 Å². The van der Waals surface area contributed by atoms with Crippen LogP contribution in [0.25, 0.3) is 28.1 Å². The van der Waals surface area contributed by atoms with Crippen LogP contribution in [0.1, 0.15) is 33.7 Å². The number of benzene rings is 6. The van der Waals surface area contributed by atoms with Crippen molar-refractivity contribution in [2.45, 2.75) is 17.1 Å². The fraction of sp³-hybridized carbons (Fsp3) is 0.0667. The highest BCUT2D eigenvalue weighted by atomic mass is 32.2. The molecule has 0 bridgehead atoms. The molecule has 0 aliphatic carbocycles. The summed E-state index contributed by atoms with van der Waals surface area (Å²) in [6, 6.07) is 47.2. The van der Waals surface area contributed by atoms with E-state index in [4.69, 9.17) is 9.72 Å². The number of nitrogens with one attached hydrogen (secondary N) is 3. The van der Waals surface area contributed by atoms with Crippen LogP contribution in [0, 0.1) is 0 Å². The number of nitrogens with zero attached hydrogens (tertiary/aromatic N) is 1. The minimum absolute atomic E-state index is 0.0724. The molecule has 0 aliphatic rings. The van der Waals surface area contributed by atoms with Gasteiger partial charge in [0.15, 0.2) is 5.13 Å². The van der Waals surface area contributed by atoms with Gasteiger partial charge in [0.2, 0.25) is 5.91 Å². The SMILES string of the molecule is CCOc1ccc(/C=C(\NC(=O)c2ccccc2)C(=O)Nc2ccc(SC(C(=O)Nc3nc(-c4ccc5ccccc5c4)cs3)c3ccccc3)cc2)cc1. The van der Waals surface area contributed by atoms with Crippen LogP contribution in [0.15, 0.2) is 168 Å². The molecule has 10 heteroatoms. The molecule has 0 saturated carbocycles. The second kappa shape index (κ2) is 17.6. The summed E-state index contributed by atoms with van der Waals surface area (Å²) in [6.45, 7) is 2.44. The summed E-state index contributed by atoms with van der Waals surface area (Å²) in [7, 11) is 0. The summed E-state index contributed by atoms with van der Waals surface area (Å²) in [4.78, 5) is 46.1. The summed E-state index contributed by atoms with van der Waals surface area (Å²) in [6.07, 6.45) is 1.62. The van der Waals surface area contributed by atoms with Gasteiger partial charge in [-0.25, -0.2) is 4.98 Å². The van der Waals surface area contributed by atoms with Crippen LogP contribution < -0.4 is 20.7 Å². The number of fused-ring (bicyclic) bond motifs is 1. The predicted octanol–water partition coefficient (Wildman–Crippen LogP) is 10.2. The molecule has 1 heterocycles. The summed E-state index contributed by atoms with van der Waals surface area (Å²) in [5, 5.41) is 12.9. The zero-order valence-electron chi connectivity index (χ0n) is 29.8. The number of rotatable bonds is 13. The van der Waals surface area contributed by atoms with E-state index in [1.807, 2.05) is 103 Å². The zero-order valence-corrected chi connectivity index (χ0v) is 31.4. The highest BCUT2D eigenvalue weighted by molar-refractivity contribution is 8.00. The molecular weight excluding hydrogens is 725 g/mol. The molecule has 7 aromatic rings. The van der Waals surface area contributed by atoms with Gasteiger partial charge in [-0.05, 0) is 89.5 Å². The highest BCUT2D eigenvalue weighted by Gasteiger charge is 2.24. The predicted molar refractivity (Wildman–Crippen MR) is 223 cm³/mol. The first kappa shape index (κ1) is 36.9. The Labute approximate surface area is 327 Å². The third-order valence-electron chi connectivity index (χ3n) is 8.52. The van der Waals surface area contributed by atoms with Gasteiger partial charge < -0.3 is 20.7 Å². The smallest absolute Gasteiger partial charge is 0.272 e. The van der Waals surface area contributed by atoms with Crippen LogP contribution >= 0.6 is 23.1 Å². The number of anilines is 2. The number of ether oxygens (including phenoxy) is 1. The van der Waals surface area contributed by atoms with Crippen molar-refractivity contribution >= 4 is 68.5 Å². The molecule has 0 fully saturated rings. The van der Waals surface area contributed by atoms with Crippen molar-refractivity contribution in [3.05, 3.63) is 179 Å². The number of thioether (sulfide) groups is 1. The summed E-state index contributed by atoms with van der Waals surface area (Å²) < 4.78 is 5.54.